The first-order chi connectivity index (χ1) is 11.6. The van der Waals surface area contributed by atoms with E-state index in [0.717, 1.165) is 17.5 Å². The molecule has 0 amide bonds. The maximum Gasteiger partial charge on any atom is 0.222 e. The first kappa shape index (κ1) is 15.8. The number of rotatable bonds is 2. The van der Waals surface area contributed by atoms with E-state index in [9.17, 15) is 0 Å². The largest absolute Gasteiger partial charge is 0.348 e. The minimum absolute atomic E-state index is 0.0660. The van der Waals surface area contributed by atoms with Crippen LogP contribution in [0.2, 0.25) is 15.1 Å². The molecular weight excluding hydrogens is 367 g/mol. The number of hydrogen-bond donors (Lipinski definition) is 1. The van der Waals surface area contributed by atoms with Crippen molar-refractivity contribution in [2.75, 3.05) is 5.32 Å². The van der Waals surface area contributed by atoms with Gasteiger partial charge in [0, 0.05) is 20.6 Å². The van der Waals surface area contributed by atoms with Gasteiger partial charge in [0.25, 0.3) is 0 Å². The third kappa shape index (κ3) is 2.75. The van der Waals surface area contributed by atoms with Crippen molar-refractivity contribution in [1.82, 2.24) is 14.8 Å². The predicted octanol–water partition coefficient (Wildman–Crippen LogP) is 5.38. The number of aromatic nitrogens is 3. The van der Waals surface area contributed by atoms with Crippen LogP contribution in [0, 0.1) is 0 Å². The second kappa shape index (κ2) is 6.28. The van der Waals surface area contributed by atoms with Crippen LogP contribution in [0.4, 0.5) is 5.95 Å². The van der Waals surface area contributed by atoms with Crippen molar-refractivity contribution in [3.05, 3.63) is 75.0 Å². The molecule has 7 heteroatoms. The van der Waals surface area contributed by atoms with Gasteiger partial charge in [-0.25, -0.2) is 4.68 Å². The molecule has 0 aliphatic carbocycles. The lowest BCUT2D eigenvalue weighted by molar-refractivity contribution is 0.431. The number of nitrogens with one attached hydrogen (secondary N) is 1. The molecule has 0 saturated carbocycles. The van der Waals surface area contributed by atoms with E-state index >= 15 is 0 Å². The van der Waals surface area contributed by atoms with Crippen LogP contribution < -0.4 is 5.32 Å². The molecular formula is C17H13Cl3N4. The Balaban J connectivity index is 1.78. The highest BCUT2D eigenvalue weighted by Crippen LogP contribution is 2.42. The summed E-state index contributed by atoms with van der Waals surface area (Å²) in [6.45, 7) is 0. The molecule has 1 aromatic heterocycles. The van der Waals surface area contributed by atoms with E-state index in [2.05, 4.69) is 15.4 Å². The van der Waals surface area contributed by atoms with E-state index in [-0.39, 0.29) is 12.1 Å². The fraction of sp³-hybridized carbons (Fsp3) is 0.176. The zero-order chi connectivity index (χ0) is 16.7. The summed E-state index contributed by atoms with van der Waals surface area (Å²) >= 11 is 18.9. The van der Waals surface area contributed by atoms with E-state index in [1.165, 1.54) is 6.33 Å². The Morgan fingerprint density at radius 2 is 1.71 bits per heavy atom. The van der Waals surface area contributed by atoms with Crippen molar-refractivity contribution >= 4 is 40.8 Å². The lowest BCUT2D eigenvalue weighted by atomic mass is 9.93. The molecule has 0 unspecified atom stereocenters. The predicted molar refractivity (Wildman–Crippen MR) is 97.1 cm³/mol. The first-order valence-corrected chi connectivity index (χ1v) is 8.62. The second-order valence-electron chi connectivity index (χ2n) is 5.66. The Hall–Kier alpha value is -1.75. The Kier molecular flexibility index (Phi) is 4.12. The molecule has 4 rings (SSSR count). The average Bonchev–Trinajstić information content (AvgIpc) is 3.04. The summed E-state index contributed by atoms with van der Waals surface area (Å²) < 4.78 is 1.83. The topological polar surface area (TPSA) is 42.7 Å². The van der Waals surface area contributed by atoms with Gasteiger partial charge in [0.05, 0.1) is 12.1 Å². The molecule has 0 radical (unpaired) electrons. The molecule has 1 aliphatic rings. The molecule has 0 bridgehead atoms. The van der Waals surface area contributed by atoms with Gasteiger partial charge in [0.2, 0.25) is 5.95 Å². The van der Waals surface area contributed by atoms with E-state index in [1.54, 1.807) is 0 Å². The normalized spacial score (nSPS) is 19.6. The molecule has 0 spiro atoms. The van der Waals surface area contributed by atoms with Crippen LogP contribution >= 0.6 is 34.8 Å². The smallest absolute Gasteiger partial charge is 0.222 e. The number of anilines is 1. The number of halogens is 3. The number of hydrogen-bond acceptors (Lipinski definition) is 3. The van der Waals surface area contributed by atoms with Gasteiger partial charge in [0.1, 0.15) is 6.33 Å². The first-order valence-electron chi connectivity index (χ1n) is 7.49. The van der Waals surface area contributed by atoms with E-state index in [1.807, 2.05) is 47.1 Å². The zero-order valence-electron chi connectivity index (χ0n) is 12.5. The van der Waals surface area contributed by atoms with Crippen LogP contribution in [0.15, 0.2) is 48.8 Å². The minimum atomic E-state index is -0.0920. The van der Waals surface area contributed by atoms with Gasteiger partial charge in [-0.05, 0) is 36.2 Å². The van der Waals surface area contributed by atoms with Crippen molar-refractivity contribution < 1.29 is 0 Å². The maximum absolute atomic E-state index is 6.43. The van der Waals surface area contributed by atoms with Crippen molar-refractivity contribution in [3.8, 4) is 0 Å². The fourth-order valence-corrected chi connectivity index (χ4v) is 3.88. The van der Waals surface area contributed by atoms with E-state index in [4.69, 9.17) is 34.8 Å². The summed E-state index contributed by atoms with van der Waals surface area (Å²) in [6, 6.07) is 13.3. The van der Waals surface area contributed by atoms with Gasteiger partial charge >= 0.3 is 0 Å². The fourth-order valence-electron chi connectivity index (χ4n) is 3.10. The summed E-state index contributed by atoms with van der Waals surface area (Å²) in [7, 11) is 0. The Bertz CT molecular complexity index is 856. The van der Waals surface area contributed by atoms with Crippen molar-refractivity contribution in [2.45, 2.75) is 18.5 Å². The summed E-state index contributed by atoms with van der Waals surface area (Å²) in [6.07, 6.45) is 2.28. The molecule has 1 N–H and O–H groups in total. The monoisotopic (exact) mass is 378 g/mol. The van der Waals surface area contributed by atoms with Gasteiger partial charge in [-0.15, -0.1) is 0 Å². The number of fused-ring (bicyclic) bond motifs is 1. The highest BCUT2D eigenvalue weighted by atomic mass is 35.5. The summed E-state index contributed by atoms with van der Waals surface area (Å²) in [5, 5.41) is 9.73. The van der Waals surface area contributed by atoms with E-state index < -0.39 is 0 Å². The lowest BCUT2D eigenvalue weighted by Crippen LogP contribution is -2.28. The van der Waals surface area contributed by atoms with Crippen molar-refractivity contribution in [3.63, 3.8) is 0 Å². The lowest BCUT2D eigenvalue weighted by Gasteiger charge is -2.32. The highest BCUT2D eigenvalue weighted by Gasteiger charge is 2.32. The molecule has 0 fully saturated rings. The standard InChI is InChI=1S/C17H13Cl3N4/c18-11-6-4-10(5-7-11)14-8-15(24-17(23-14)21-9-22-24)16-12(19)2-1-3-13(16)20/h1-7,9,14-15H,8H2,(H,21,22,23)/t14-,15+/m1/s1. The molecule has 4 nitrogen and oxygen atoms in total. The van der Waals surface area contributed by atoms with Gasteiger partial charge in [-0.1, -0.05) is 53.0 Å². The zero-order valence-corrected chi connectivity index (χ0v) is 14.7. The Labute approximate surface area is 154 Å². The van der Waals surface area contributed by atoms with E-state index in [0.29, 0.717) is 21.0 Å². The minimum Gasteiger partial charge on any atom is -0.348 e. The summed E-state index contributed by atoms with van der Waals surface area (Å²) in [4.78, 5) is 4.31. The van der Waals surface area contributed by atoms with Crippen LogP contribution in [-0.2, 0) is 0 Å². The van der Waals surface area contributed by atoms with Crippen LogP contribution in [0.1, 0.15) is 29.6 Å². The third-order valence-corrected chi connectivity index (χ3v) is 5.15. The third-order valence-electron chi connectivity index (χ3n) is 4.24. The molecule has 122 valence electrons. The SMILES string of the molecule is Clc1ccc([C@H]2C[C@@H](c3c(Cl)cccc3Cl)n3ncnc3N2)cc1. The van der Waals surface area contributed by atoms with Gasteiger partial charge < -0.3 is 5.32 Å². The van der Waals surface area contributed by atoms with Gasteiger partial charge in [-0.3, -0.25) is 0 Å². The van der Waals surface area contributed by atoms with Crippen LogP contribution in [0.25, 0.3) is 0 Å². The highest BCUT2D eigenvalue weighted by molar-refractivity contribution is 6.36. The average molecular weight is 380 g/mol. The second-order valence-corrected chi connectivity index (χ2v) is 6.91. The molecule has 3 aromatic rings. The molecule has 0 saturated heterocycles. The molecule has 1 aliphatic heterocycles. The summed E-state index contributed by atoms with van der Waals surface area (Å²) in [5.41, 5.74) is 2.00. The van der Waals surface area contributed by atoms with Crippen molar-refractivity contribution in [1.29, 1.82) is 0 Å². The number of nitrogens with zero attached hydrogens (tertiary/aromatic N) is 3. The molecule has 2 atom stereocenters. The van der Waals surface area contributed by atoms with Crippen LogP contribution in [-0.4, -0.2) is 14.8 Å². The molecule has 24 heavy (non-hydrogen) atoms. The van der Waals surface area contributed by atoms with Crippen LogP contribution in [0.5, 0.6) is 0 Å². The molecule has 2 aromatic carbocycles. The van der Waals surface area contributed by atoms with Gasteiger partial charge in [0.15, 0.2) is 0 Å². The quantitative estimate of drug-likeness (QED) is 0.649. The van der Waals surface area contributed by atoms with Crippen LogP contribution in [0.3, 0.4) is 0 Å². The Morgan fingerprint density at radius 1 is 1.00 bits per heavy atom. The van der Waals surface area contributed by atoms with Gasteiger partial charge in [-0.2, -0.15) is 10.1 Å². The number of benzene rings is 2. The van der Waals surface area contributed by atoms with Crippen molar-refractivity contribution in [2.24, 2.45) is 0 Å². The maximum atomic E-state index is 6.43. The summed E-state index contributed by atoms with van der Waals surface area (Å²) in [5.74, 6) is 0.696. The molecule has 2 heterocycles. The Morgan fingerprint density at radius 3 is 2.42 bits per heavy atom.